The Morgan fingerprint density at radius 1 is 1.00 bits per heavy atom. The fraction of sp³-hybridized carbons (Fsp3) is 0.238. The molecule has 3 aromatic rings. The second-order valence-electron chi connectivity index (χ2n) is 6.24. The van der Waals surface area contributed by atoms with Crippen LogP contribution in [0.5, 0.6) is 0 Å². The standard InChI is InChI=1S/C21H25N5/c1-17-7-5-8-18(13-17)14-23-21(22-2)24-15-19-9-3-4-10-20(19)16-26-12-6-11-25-26/h3-13H,14-16H2,1-2H3,(H2,22,23,24). The Kier molecular flexibility index (Phi) is 6.04. The van der Waals surface area contributed by atoms with E-state index in [2.05, 4.69) is 76.2 Å². The predicted octanol–water partition coefficient (Wildman–Crippen LogP) is 3.11. The van der Waals surface area contributed by atoms with Gasteiger partial charge in [-0.05, 0) is 29.7 Å². The van der Waals surface area contributed by atoms with Gasteiger partial charge in [-0.3, -0.25) is 9.67 Å². The topological polar surface area (TPSA) is 54.2 Å². The fourth-order valence-corrected chi connectivity index (χ4v) is 2.86. The minimum Gasteiger partial charge on any atom is -0.352 e. The van der Waals surface area contributed by atoms with E-state index in [1.54, 1.807) is 13.2 Å². The first kappa shape index (κ1) is 17.7. The Bertz CT molecular complexity index is 852. The van der Waals surface area contributed by atoms with Crippen molar-refractivity contribution in [1.82, 2.24) is 20.4 Å². The van der Waals surface area contributed by atoms with Crippen LogP contribution in [-0.4, -0.2) is 22.8 Å². The summed E-state index contributed by atoms with van der Waals surface area (Å²) in [6.45, 7) is 4.33. The van der Waals surface area contributed by atoms with E-state index in [1.165, 1.54) is 22.3 Å². The molecule has 5 heteroatoms. The smallest absolute Gasteiger partial charge is 0.191 e. The van der Waals surface area contributed by atoms with E-state index in [4.69, 9.17) is 0 Å². The predicted molar refractivity (Wildman–Crippen MR) is 106 cm³/mol. The van der Waals surface area contributed by atoms with E-state index in [0.717, 1.165) is 19.0 Å². The summed E-state index contributed by atoms with van der Waals surface area (Å²) in [5.74, 6) is 0.792. The number of hydrogen-bond acceptors (Lipinski definition) is 2. The van der Waals surface area contributed by atoms with Crippen molar-refractivity contribution in [2.24, 2.45) is 4.99 Å². The zero-order valence-corrected chi connectivity index (χ0v) is 15.3. The SMILES string of the molecule is CN=C(NCc1cccc(C)c1)NCc1ccccc1Cn1cccn1. The van der Waals surface area contributed by atoms with E-state index in [1.807, 2.05) is 16.9 Å². The van der Waals surface area contributed by atoms with Crippen molar-refractivity contribution in [1.29, 1.82) is 0 Å². The highest BCUT2D eigenvalue weighted by atomic mass is 15.3. The minimum atomic E-state index is 0.713. The molecule has 0 atom stereocenters. The molecule has 0 fully saturated rings. The largest absolute Gasteiger partial charge is 0.352 e. The van der Waals surface area contributed by atoms with Gasteiger partial charge in [0, 0.05) is 32.5 Å². The second-order valence-corrected chi connectivity index (χ2v) is 6.24. The first-order valence-electron chi connectivity index (χ1n) is 8.79. The van der Waals surface area contributed by atoms with E-state index in [9.17, 15) is 0 Å². The van der Waals surface area contributed by atoms with Gasteiger partial charge in [-0.2, -0.15) is 5.10 Å². The number of aromatic nitrogens is 2. The van der Waals surface area contributed by atoms with Crippen LogP contribution >= 0.6 is 0 Å². The first-order chi connectivity index (χ1) is 12.7. The zero-order valence-electron chi connectivity index (χ0n) is 15.3. The third-order valence-corrected chi connectivity index (χ3v) is 4.22. The van der Waals surface area contributed by atoms with E-state index >= 15 is 0 Å². The Hall–Kier alpha value is -3.08. The first-order valence-corrected chi connectivity index (χ1v) is 8.79. The van der Waals surface area contributed by atoms with Gasteiger partial charge in [-0.15, -0.1) is 0 Å². The number of rotatable bonds is 6. The van der Waals surface area contributed by atoms with Crippen LogP contribution in [0.4, 0.5) is 0 Å². The summed E-state index contributed by atoms with van der Waals surface area (Å²) in [6, 6.07) is 18.8. The van der Waals surface area contributed by atoms with Crippen molar-refractivity contribution >= 4 is 5.96 Å². The van der Waals surface area contributed by atoms with Crippen LogP contribution in [0.25, 0.3) is 0 Å². The number of aryl methyl sites for hydroxylation is 1. The molecular formula is C21H25N5. The molecule has 0 bridgehead atoms. The maximum Gasteiger partial charge on any atom is 0.191 e. The molecule has 2 aromatic carbocycles. The van der Waals surface area contributed by atoms with Gasteiger partial charge in [0.1, 0.15) is 0 Å². The second kappa shape index (κ2) is 8.85. The average molecular weight is 347 g/mol. The lowest BCUT2D eigenvalue weighted by atomic mass is 10.1. The summed E-state index contributed by atoms with van der Waals surface area (Å²) in [4.78, 5) is 4.32. The number of nitrogens with one attached hydrogen (secondary N) is 2. The van der Waals surface area contributed by atoms with Gasteiger partial charge in [0.25, 0.3) is 0 Å². The molecule has 0 amide bonds. The zero-order chi connectivity index (χ0) is 18.2. The van der Waals surface area contributed by atoms with Crippen molar-refractivity contribution in [2.75, 3.05) is 7.05 Å². The normalized spacial score (nSPS) is 11.4. The van der Waals surface area contributed by atoms with E-state index in [0.29, 0.717) is 6.54 Å². The quantitative estimate of drug-likeness (QED) is 0.532. The van der Waals surface area contributed by atoms with Gasteiger partial charge in [0.2, 0.25) is 0 Å². The van der Waals surface area contributed by atoms with Crippen molar-refractivity contribution in [2.45, 2.75) is 26.6 Å². The summed E-state index contributed by atoms with van der Waals surface area (Å²) in [6.07, 6.45) is 3.78. The molecule has 1 heterocycles. The van der Waals surface area contributed by atoms with Gasteiger partial charge < -0.3 is 10.6 Å². The molecule has 26 heavy (non-hydrogen) atoms. The monoisotopic (exact) mass is 347 g/mol. The number of aliphatic imine (C=N–C) groups is 1. The number of hydrogen-bond donors (Lipinski definition) is 2. The fourth-order valence-electron chi connectivity index (χ4n) is 2.86. The molecule has 134 valence electrons. The van der Waals surface area contributed by atoms with Crippen molar-refractivity contribution < 1.29 is 0 Å². The van der Waals surface area contributed by atoms with Crippen LogP contribution in [0.1, 0.15) is 22.3 Å². The molecule has 0 spiro atoms. The molecule has 0 saturated carbocycles. The highest BCUT2D eigenvalue weighted by Crippen LogP contribution is 2.10. The number of guanidine groups is 1. The van der Waals surface area contributed by atoms with Crippen LogP contribution in [-0.2, 0) is 19.6 Å². The maximum absolute atomic E-state index is 4.32. The third-order valence-electron chi connectivity index (χ3n) is 4.22. The molecule has 0 aliphatic heterocycles. The summed E-state index contributed by atoms with van der Waals surface area (Å²) >= 11 is 0. The minimum absolute atomic E-state index is 0.713. The molecule has 0 unspecified atom stereocenters. The van der Waals surface area contributed by atoms with Gasteiger partial charge in [0.05, 0.1) is 6.54 Å². The number of nitrogens with zero attached hydrogens (tertiary/aromatic N) is 3. The van der Waals surface area contributed by atoms with Gasteiger partial charge in [-0.1, -0.05) is 54.1 Å². The molecule has 0 aliphatic carbocycles. The molecular weight excluding hydrogens is 322 g/mol. The Balaban J connectivity index is 1.58. The van der Waals surface area contributed by atoms with Gasteiger partial charge >= 0.3 is 0 Å². The number of benzene rings is 2. The van der Waals surface area contributed by atoms with Crippen LogP contribution < -0.4 is 10.6 Å². The highest BCUT2D eigenvalue weighted by Gasteiger charge is 2.05. The van der Waals surface area contributed by atoms with Gasteiger partial charge in [-0.25, -0.2) is 0 Å². The van der Waals surface area contributed by atoms with Crippen LogP contribution in [0.15, 0.2) is 72.0 Å². The van der Waals surface area contributed by atoms with Crippen molar-refractivity contribution in [3.63, 3.8) is 0 Å². The summed E-state index contributed by atoms with van der Waals surface area (Å²) in [7, 11) is 1.79. The van der Waals surface area contributed by atoms with E-state index < -0.39 is 0 Å². The van der Waals surface area contributed by atoms with Crippen molar-refractivity contribution in [3.05, 3.63) is 89.2 Å². The molecule has 1 aromatic heterocycles. The van der Waals surface area contributed by atoms with Crippen molar-refractivity contribution in [3.8, 4) is 0 Å². The molecule has 2 N–H and O–H groups in total. The van der Waals surface area contributed by atoms with Crippen LogP contribution in [0.2, 0.25) is 0 Å². The highest BCUT2D eigenvalue weighted by molar-refractivity contribution is 5.79. The molecule has 0 saturated heterocycles. The molecule has 0 aliphatic rings. The summed E-state index contributed by atoms with van der Waals surface area (Å²) in [5, 5.41) is 11.1. The van der Waals surface area contributed by atoms with Crippen LogP contribution in [0.3, 0.4) is 0 Å². The molecule has 0 radical (unpaired) electrons. The lowest BCUT2D eigenvalue weighted by Crippen LogP contribution is -2.36. The maximum atomic E-state index is 4.32. The summed E-state index contributed by atoms with van der Waals surface area (Å²) < 4.78 is 1.93. The lowest BCUT2D eigenvalue weighted by molar-refractivity contribution is 0.677. The summed E-state index contributed by atoms with van der Waals surface area (Å²) in [5.41, 5.74) is 4.99. The lowest BCUT2D eigenvalue weighted by Gasteiger charge is -2.14. The third kappa shape index (κ3) is 4.96. The Morgan fingerprint density at radius 3 is 2.54 bits per heavy atom. The van der Waals surface area contributed by atoms with Gasteiger partial charge in [0.15, 0.2) is 5.96 Å². The Labute approximate surface area is 154 Å². The van der Waals surface area contributed by atoms with E-state index in [-0.39, 0.29) is 0 Å². The average Bonchev–Trinajstić information content (AvgIpc) is 3.16. The Morgan fingerprint density at radius 2 is 1.81 bits per heavy atom. The molecule has 5 nitrogen and oxygen atoms in total. The molecule has 3 rings (SSSR count). The van der Waals surface area contributed by atoms with Crippen LogP contribution in [0, 0.1) is 6.92 Å².